The summed E-state index contributed by atoms with van der Waals surface area (Å²) in [6.45, 7) is 5.92. The van der Waals surface area contributed by atoms with Crippen LogP contribution in [0.1, 0.15) is 60.5 Å². The maximum Gasteiger partial charge on any atom is 0.186 e. The van der Waals surface area contributed by atoms with E-state index in [1.165, 1.54) is 29.5 Å². The highest BCUT2D eigenvalue weighted by Gasteiger charge is 2.44. The van der Waals surface area contributed by atoms with E-state index in [2.05, 4.69) is 33.0 Å². The lowest BCUT2D eigenvalue weighted by molar-refractivity contribution is 0.277. The van der Waals surface area contributed by atoms with Gasteiger partial charge in [-0.2, -0.15) is 0 Å². The molecule has 2 aliphatic carbocycles. The van der Waals surface area contributed by atoms with E-state index in [1.54, 1.807) is 17.4 Å². The van der Waals surface area contributed by atoms with Gasteiger partial charge in [0.2, 0.25) is 0 Å². The van der Waals surface area contributed by atoms with Crippen molar-refractivity contribution in [1.29, 1.82) is 0 Å². The molecule has 3 aliphatic rings. The second-order valence-corrected chi connectivity index (χ2v) is 11.5. The number of pyridine rings is 1. The SMILES string of the molecule is Cc1cc(F)c2nc(N3CCC4(C=C(c5c(-c6cnccc6C)noc5C5CC5)C4)CC3)sc2c1. The van der Waals surface area contributed by atoms with Crippen molar-refractivity contribution in [2.24, 2.45) is 5.41 Å². The number of nitrogens with zero attached hydrogens (tertiary/aromatic N) is 4. The molecule has 4 aromatic rings. The number of anilines is 1. The van der Waals surface area contributed by atoms with Crippen molar-refractivity contribution in [3.63, 3.8) is 0 Å². The number of halogens is 1. The summed E-state index contributed by atoms with van der Waals surface area (Å²) in [5.74, 6) is 1.35. The molecular formula is C28H27FN4OS. The Morgan fingerprint density at radius 3 is 2.71 bits per heavy atom. The van der Waals surface area contributed by atoms with E-state index >= 15 is 0 Å². The fraction of sp³-hybridized carbons (Fsp3) is 0.393. The monoisotopic (exact) mass is 486 g/mol. The number of aromatic nitrogens is 3. The summed E-state index contributed by atoms with van der Waals surface area (Å²) in [6, 6.07) is 5.63. The molecule has 0 unspecified atom stereocenters. The number of aryl methyl sites for hydroxylation is 2. The van der Waals surface area contributed by atoms with Gasteiger partial charge in [0.25, 0.3) is 0 Å². The Kier molecular flexibility index (Phi) is 4.68. The lowest BCUT2D eigenvalue weighted by Crippen LogP contribution is -2.42. The molecule has 0 atom stereocenters. The van der Waals surface area contributed by atoms with Crippen LogP contribution in [0.4, 0.5) is 9.52 Å². The zero-order valence-corrected chi connectivity index (χ0v) is 20.8. The van der Waals surface area contributed by atoms with Crippen LogP contribution in [0.2, 0.25) is 0 Å². The highest BCUT2D eigenvalue weighted by molar-refractivity contribution is 7.22. The summed E-state index contributed by atoms with van der Waals surface area (Å²) >= 11 is 1.60. The van der Waals surface area contributed by atoms with Crippen molar-refractivity contribution in [3.05, 3.63) is 64.9 Å². The van der Waals surface area contributed by atoms with Crippen LogP contribution in [-0.2, 0) is 0 Å². The Bertz CT molecular complexity index is 1490. The van der Waals surface area contributed by atoms with E-state index < -0.39 is 0 Å². The van der Waals surface area contributed by atoms with Gasteiger partial charge in [-0.05, 0) is 86.3 Å². The van der Waals surface area contributed by atoms with Crippen molar-refractivity contribution in [1.82, 2.24) is 15.1 Å². The predicted molar refractivity (Wildman–Crippen MR) is 137 cm³/mol. The number of thiazole rings is 1. The number of hydrogen-bond donors (Lipinski definition) is 0. The smallest absolute Gasteiger partial charge is 0.186 e. The van der Waals surface area contributed by atoms with Gasteiger partial charge in [0.05, 0.1) is 4.70 Å². The second-order valence-electron chi connectivity index (χ2n) is 10.5. The van der Waals surface area contributed by atoms with Crippen LogP contribution in [0.25, 0.3) is 27.0 Å². The largest absolute Gasteiger partial charge is 0.360 e. The predicted octanol–water partition coefficient (Wildman–Crippen LogP) is 7.05. The average Bonchev–Trinajstić information content (AvgIpc) is 3.43. The molecule has 0 N–H and O–H groups in total. The van der Waals surface area contributed by atoms with Gasteiger partial charge in [-0.25, -0.2) is 9.37 Å². The molecule has 0 amide bonds. The molecule has 35 heavy (non-hydrogen) atoms. The molecule has 2 fully saturated rings. The summed E-state index contributed by atoms with van der Waals surface area (Å²) in [6.07, 6.45) is 11.8. The third-order valence-corrected chi connectivity index (χ3v) is 8.98. The lowest BCUT2D eigenvalue weighted by Gasteiger charge is -2.46. The molecule has 4 heterocycles. The molecule has 7 rings (SSSR count). The Balaban J connectivity index is 1.15. The lowest BCUT2D eigenvalue weighted by atomic mass is 9.63. The van der Waals surface area contributed by atoms with Gasteiger partial charge in [-0.1, -0.05) is 22.6 Å². The van der Waals surface area contributed by atoms with Gasteiger partial charge in [-0.3, -0.25) is 4.98 Å². The Labute approximate surface area is 207 Å². The summed E-state index contributed by atoms with van der Waals surface area (Å²) in [5.41, 5.74) is 7.43. The highest BCUT2D eigenvalue weighted by Crippen LogP contribution is 2.56. The van der Waals surface area contributed by atoms with E-state index in [-0.39, 0.29) is 11.2 Å². The molecule has 1 spiro atoms. The molecule has 178 valence electrons. The topological polar surface area (TPSA) is 55.1 Å². The number of piperidine rings is 1. The standard InChI is InChI=1S/C28H27FN4OS/c1-16-11-21(29)25-22(12-16)35-27(31-25)33-9-6-28(7-10-33)13-19(14-28)23-24(20-15-30-8-5-17(20)2)32-34-26(23)18-3-4-18/h5,8,11-13,15,18H,3-4,6-7,9-10,14H2,1-2H3. The van der Waals surface area contributed by atoms with Crippen LogP contribution in [-0.4, -0.2) is 28.2 Å². The highest BCUT2D eigenvalue weighted by atomic mass is 32.1. The molecule has 0 radical (unpaired) electrons. The first kappa shape index (κ1) is 21.2. The zero-order chi connectivity index (χ0) is 23.7. The van der Waals surface area contributed by atoms with Gasteiger partial charge in [0.15, 0.2) is 10.9 Å². The number of hydrogen-bond acceptors (Lipinski definition) is 6. The first-order valence-electron chi connectivity index (χ1n) is 12.4. The normalized spacial score (nSPS) is 19.3. The Morgan fingerprint density at radius 1 is 1.17 bits per heavy atom. The molecule has 7 heteroatoms. The summed E-state index contributed by atoms with van der Waals surface area (Å²) in [5, 5.41) is 5.47. The summed E-state index contributed by atoms with van der Waals surface area (Å²) in [7, 11) is 0. The van der Waals surface area contributed by atoms with Crippen LogP contribution in [0.15, 0.2) is 41.2 Å². The minimum Gasteiger partial charge on any atom is -0.360 e. The van der Waals surface area contributed by atoms with E-state index in [0.29, 0.717) is 11.4 Å². The third-order valence-electron chi connectivity index (χ3n) is 7.92. The van der Waals surface area contributed by atoms with Crippen molar-refractivity contribution in [3.8, 4) is 11.3 Å². The first-order valence-corrected chi connectivity index (χ1v) is 13.3. The van der Waals surface area contributed by atoms with Gasteiger partial charge in [0, 0.05) is 42.5 Å². The third kappa shape index (κ3) is 3.51. The number of fused-ring (bicyclic) bond motifs is 1. The van der Waals surface area contributed by atoms with Gasteiger partial charge < -0.3 is 9.42 Å². The Hall–Kier alpha value is -3.06. The molecule has 1 saturated heterocycles. The van der Waals surface area contributed by atoms with Crippen LogP contribution in [0, 0.1) is 25.1 Å². The van der Waals surface area contributed by atoms with Gasteiger partial charge in [0.1, 0.15) is 17.0 Å². The maximum absolute atomic E-state index is 14.4. The molecule has 5 nitrogen and oxygen atoms in total. The van der Waals surface area contributed by atoms with Crippen LogP contribution in [0.5, 0.6) is 0 Å². The molecular weight excluding hydrogens is 459 g/mol. The molecule has 3 aromatic heterocycles. The van der Waals surface area contributed by atoms with Crippen LogP contribution < -0.4 is 4.90 Å². The average molecular weight is 487 g/mol. The Morgan fingerprint density at radius 2 is 1.97 bits per heavy atom. The van der Waals surface area contributed by atoms with E-state index in [4.69, 9.17) is 4.52 Å². The number of allylic oxidation sites excluding steroid dienone is 2. The van der Waals surface area contributed by atoms with Crippen molar-refractivity contribution in [2.75, 3.05) is 18.0 Å². The van der Waals surface area contributed by atoms with Gasteiger partial charge in [-0.15, -0.1) is 0 Å². The zero-order valence-electron chi connectivity index (χ0n) is 20.0. The van der Waals surface area contributed by atoms with E-state index in [9.17, 15) is 4.39 Å². The molecule has 1 saturated carbocycles. The minimum absolute atomic E-state index is 0.220. The van der Waals surface area contributed by atoms with E-state index in [1.807, 2.05) is 31.5 Å². The van der Waals surface area contributed by atoms with Crippen molar-refractivity contribution >= 4 is 32.3 Å². The quantitative estimate of drug-likeness (QED) is 0.309. The second kappa shape index (κ2) is 7.72. The van der Waals surface area contributed by atoms with E-state index in [0.717, 1.165) is 64.8 Å². The van der Waals surface area contributed by atoms with Crippen LogP contribution >= 0.6 is 11.3 Å². The summed E-state index contributed by atoms with van der Waals surface area (Å²) < 4.78 is 21.2. The molecule has 1 aromatic carbocycles. The minimum atomic E-state index is -0.220. The van der Waals surface area contributed by atoms with Crippen molar-refractivity contribution < 1.29 is 8.91 Å². The van der Waals surface area contributed by atoms with Gasteiger partial charge >= 0.3 is 0 Å². The molecule has 0 bridgehead atoms. The first-order chi connectivity index (χ1) is 17.0. The number of benzene rings is 1. The van der Waals surface area contributed by atoms with Crippen LogP contribution in [0.3, 0.4) is 0 Å². The number of rotatable bonds is 4. The maximum atomic E-state index is 14.4. The van der Waals surface area contributed by atoms with Crippen molar-refractivity contribution in [2.45, 2.75) is 51.9 Å². The fourth-order valence-electron chi connectivity index (χ4n) is 5.72. The molecule has 1 aliphatic heterocycles. The summed E-state index contributed by atoms with van der Waals surface area (Å²) in [4.78, 5) is 11.3. The fourth-order valence-corrected chi connectivity index (χ4v) is 6.85.